The number of anilines is 1. The standard InChI is InChI=1S/C9H8N2O/c10-8-3-1-2-7-6-11-4-5-12-9(7)8/h1-6H,10H2. The molecule has 0 saturated carbocycles. The van der Waals surface area contributed by atoms with Crippen LogP contribution < -0.4 is 10.5 Å². The summed E-state index contributed by atoms with van der Waals surface area (Å²) in [6, 6.07) is 5.57. The van der Waals surface area contributed by atoms with E-state index in [-0.39, 0.29) is 0 Å². The number of fused-ring (bicyclic) bond motifs is 1. The molecule has 2 rings (SSSR count). The van der Waals surface area contributed by atoms with E-state index >= 15 is 0 Å². The van der Waals surface area contributed by atoms with E-state index in [2.05, 4.69) is 4.99 Å². The van der Waals surface area contributed by atoms with E-state index in [1.165, 1.54) is 6.26 Å². The van der Waals surface area contributed by atoms with E-state index in [0.717, 1.165) is 5.56 Å². The molecule has 0 bridgehead atoms. The molecule has 0 fully saturated rings. The first-order valence-corrected chi connectivity index (χ1v) is 3.61. The summed E-state index contributed by atoms with van der Waals surface area (Å²) >= 11 is 0. The van der Waals surface area contributed by atoms with Crippen LogP contribution in [0.3, 0.4) is 0 Å². The molecule has 0 spiro atoms. The van der Waals surface area contributed by atoms with E-state index in [1.807, 2.05) is 12.1 Å². The minimum absolute atomic E-state index is 0.630. The van der Waals surface area contributed by atoms with Crippen molar-refractivity contribution in [2.45, 2.75) is 0 Å². The Morgan fingerprint density at radius 3 is 3.17 bits per heavy atom. The molecule has 1 aromatic rings. The first-order chi connectivity index (χ1) is 5.88. The maximum atomic E-state index is 5.69. The average molecular weight is 160 g/mol. The molecular formula is C9H8N2O. The van der Waals surface area contributed by atoms with Gasteiger partial charge in [-0.25, -0.2) is 0 Å². The Balaban J connectivity index is 2.59. The molecule has 0 unspecified atom stereocenters. The van der Waals surface area contributed by atoms with Crippen molar-refractivity contribution in [1.29, 1.82) is 0 Å². The number of rotatable bonds is 0. The number of para-hydroxylation sites is 1. The zero-order valence-corrected chi connectivity index (χ0v) is 6.40. The second-order valence-corrected chi connectivity index (χ2v) is 2.45. The van der Waals surface area contributed by atoms with Gasteiger partial charge in [-0.2, -0.15) is 0 Å². The smallest absolute Gasteiger partial charge is 0.158 e. The van der Waals surface area contributed by atoms with Gasteiger partial charge in [-0.05, 0) is 12.1 Å². The normalized spacial score (nSPS) is 13.3. The number of nitrogen functional groups attached to an aromatic ring is 1. The Morgan fingerprint density at radius 2 is 2.25 bits per heavy atom. The van der Waals surface area contributed by atoms with Crippen molar-refractivity contribution in [3.05, 3.63) is 36.2 Å². The molecule has 0 saturated heterocycles. The lowest BCUT2D eigenvalue weighted by Gasteiger charge is -2.05. The summed E-state index contributed by atoms with van der Waals surface area (Å²) in [6.45, 7) is 0. The average Bonchev–Trinajstić information content (AvgIpc) is 2.30. The Kier molecular flexibility index (Phi) is 1.55. The highest BCUT2D eigenvalue weighted by atomic mass is 16.5. The number of hydrogen-bond donors (Lipinski definition) is 1. The van der Waals surface area contributed by atoms with Gasteiger partial charge in [0.15, 0.2) is 5.75 Å². The van der Waals surface area contributed by atoms with Crippen LogP contribution in [0.15, 0.2) is 35.7 Å². The SMILES string of the molecule is Nc1cccc2c1OC=CN=C2. The maximum Gasteiger partial charge on any atom is 0.158 e. The summed E-state index contributed by atoms with van der Waals surface area (Å²) in [4.78, 5) is 3.97. The van der Waals surface area contributed by atoms with Crippen LogP contribution >= 0.6 is 0 Å². The highest BCUT2D eigenvalue weighted by Gasteiger charge is 2.05. The van der Waals surface area contributed by atoms with Gasteiger partial charge in [0.05, 0.1) is 11.9 Å². The summed E-state index contributed by atoms with van der Waals surface area (Å²) in [5.41, 5.74) is 7.22. The number of nitrogens with zero attached hydrogens (tertiary/aromatic N) is 1. The van der Waals surface area contributed by atoms with E-state index in [9.17, 15) is 0 Å². The lowest BCUT2D eigenvalue weighted by atomic mass is 10.2. The van der Waals surface area contributed by atoms with Gasteiger partial charge in [0.2, 0.25) is 0 Å². The van der Waals surface area contributed by atoms with Crippen molar-refractivity contribution >= 4 is 11.9 Å². The van der Waals surface area contributed by atoms with Crippen molar-refractivity contribution in [3.63, 3.8) is 0 Å². The highest BCUT2D eigenvalue weighted by Crippen LogP contribution is 2.26. The third kappa shape index (κ3) is 1.05. The molecule has 3 nitrogen and oxygen atoms in total. The number of aliphatic imine (C=N–C) groups is 1. The van der Waals surface area contributed by atoms with Crippen LogP contribution in [0.4, 0.5) is 5.69 Å². The van der Waals surface area contributed by atoms with E-state index in [4.69, 9.17) is 10.5 Å². The quantitative estimate of drug-likeness (QED) is 0.585. The summed E-state index contributed by atoms with van der Waals surface area (Å²) in [7, 11) is 0. The molecule has 1 aliphatic heterocycles. The number of ether oxygens (including phenoxy) is 1. The van der Waals surface area contributed by atoms with Crippen molar-refractivity contribution in [2.24, 2.45) is 4.99 Å². The monoisotopic (exact) mass is 160 g/mol. The first-order valence-electron chi connectivity index (χ1n) is 3.61. The molecular weight excluding hydrogens is 152 g/mol. The fourth-order valence-corrected chi connectivity index (χ4v) is 1.07. The fraction of sp³-hybridized carbons (Fsp3) is 0. The van der Waals surface area contributed by atoms with Crippen LogP contribution in [0.1, 0.15) is 5.56 Å². The number of nitrogens with two attached hydrogens (primary N) is 1. The van der Waals surface area contributed by atoms with Crippen LogP contribution in [0.5, 0.6) is 5.75 Å². The van der Waals surface area contributed by atoms with Crippen molar-refractivity contribution < 1.29 is 4.74 Å². The number of benzene rings is 1. The molecule has 0 radical (unpaired) electrons. The van der Waals surface area contributed by atoms with E-state index < -0.39 is 0 Å². The molecule has 0 atom stereocenters. The molecule has 0 aromatic heterocycles. The van der Waals surface area contributed by atoms with E-state index in [1.54, 1.807) is 18.5 Å². The second kappa shape index (κ2) is 2.70. The number of hydrogen-bond acceptors (Lipinski definition) is 3. The lowest BCUT2D eigenvalue weighted by Crippen LogP contribution is -1.94. The lowest BCUT2D eigenvalue weighted by molar-refractivity contribution is 0.483. The van der Waals surface area contributed by atoms with Crippen LogP contribution in [0, 0.1) is 0 Å². The van der Waals surface area contributed by atoms with Crippen LogP contribution in [-0.4, -0.2) is 6.21 Å². The minimum Gasteiger partial charge on any atom is -0.461 e. The Labute approximate surface area is 70.2 Å². The molecule has 1 heterocycles. The maximum absolute atomic E-state index is 5.69. The Morgan fingerprint density at radius 1 is 1.33 bits per heavy atom. The molecule has 1 aromatic carbocycles. The van der Waals surface area contributed by atoms with Gasteiger partial charge in [-0.1, -0.05) is 6.07 Å². The first kappa shape index (κ1) is 6.91. The minimum atomic E-state index is 0.630. The third-order valence-corrected chi connectivity index (χ3v) is 1.62. The van der Waals surface area contributed by atoms with Gasteiger partial charge in [0.1, 0.15) is 6.26 Å². The van der Waals surface area contributed by atoms with Crippen molar-refractivity contribution in [2.75, 3.05) is 5.73 Å². The zero-order chi connectivity index (χ0) is 8.39. The van der Waals surface area contributed by atoms with Gasteiger partial charge < -0.3 is 10.5 Å². The summed E-state index contributed by atoms with van der Waals surface area (Å²) in [5, 5.41) is 0. The fourth-order valence-electron chi connectivity index (χ4n) is 1.07. The second-order valence-electron chi connectivity index (χ2n) is 2.45. The topological polar surface area (TPSA) is 47.6 Å². The highest BCUT2D eigenvalue weighted by molar-refractivity contribution is 5.87. The summed E-state index contributed by atoms with van der Waals surface area (Å²) < 4.78 is 5.25. The van der Waals surface area contributed by atoms with Gasteiger partial charge >= 0.3 is 0 Å². The molecule has 0 aliphatic carbocycles. The zero-order valence-electron chi connectivity index (χ0n) is 6.40. The molecule has 3 heteroatoms. The van der Waals surface area contributed by atoms with Gasteiger partial charge in [-0.15, -0.1) is 0 Å². The molecule has 2 N–H and O–H groups in total. The van der Waals surface area contributed by atoms with Crippen LogP contribution in [0.2, 0.25) is 0 Å². The van der Waals surface area contributed by atoms with Gasteiger partial charge in [0.25, 0.3) is 0 Å². The predicted molar refractivity (Wildman–Crippen MR) is 48.2 cm³/mol. The van der Waals surface area contributed by atoms with Crippen molar-refractivity contribution in [1.82, 2.24) is 0 Å². The molecule has 60 valence electrons. The van der Waals surface area contributed by atoms with Gasteiger partial charge in [-0.3, -0.25) is 4.99 Å². The predicted octanol–water partition coefficient (Wildman–Crippen LogP) is 1.55. The largest absolute Gasteiger partial charge is 0.461 e. The molecule has 1 aliphatic rings. The van der Waals surface area contributed by atoms with Gasteiger partial charge in [0, 0.05) is 11.8 Å². The van der Waals surface area contributed by atoms with Crippen LogP contribution in [-0.2, 0) is 0 Å². The van der Waals surface area contributed by atoms with Crippen molar-refractivity contribution in [3.8, 4) is 5.75 Å². The molecule has 12 heavy (non-hydrogen) atoms. The Hall–Kier alpha value is -1.77. The van der Waals surface area contributed by atoms with Crippen LogP contribution in [0.25, 0.3) is 0 Å². The summed E-state index contributed by atoms with van der Waals surface area (Å²) in [5.74, 6) is 0.676. The summed E-state index contributed by atoms with van der Waals surface area (Å²) in [6.07, 6.45) is 4.81. The molecule has 0 amide bonds. The third-order valence-electron chi connectivity index (χ3n) is 1.62. The Bertz CT molecular complexity index is 356. The van der Waals surface area contributed by atoms with E-state index in [0.29, 0.717) is 11.4 Å².